The summed E-state index contributed by atoms with van der Waals surface area (Å²) in [5.74, 6) is -1.01. The van der Waals surface area contributed by atoms with Crippen LogP contribution in [-0.4, -0.2) is 35.3 Å². The van der Waals surface area contributed by atoms with E-state index < -0.39 is 5.97 Å². The fourth-order valence-electron chi connectivity index (χ4n) is 1.44. The first kappa shape index (κ1) is 13.6. The number of aromatic carboxylic acids is 1. The molecule has 1 atom stereocenters. The molecular weight excluding hydrogens is 220 g/mol. The summed E-state index contributed by atoms with van der Waals surface area (Å²) in [5, 5.41) is 12.0. The number of nitrogens with zero attached hydrogens (tertiary/aromatic N) is 1. The lowest BCUT2D eigenvalue weighted by atomic mass is 10.3. The number of carbonyl (C=O) groups is 1. The normalized spacial score (nSPS) is 12.4. The van der Waals surface area contributed by atoms with Gasteiger partial charge in [0, 0.05) is 19.7 Å². The van der Waals surface area contributed by atoms with E-state index in [4.69, 9.17) is 9.84 Å². The Kier molecular flexibility index (Phi) is 5.59. The SMILES string of the molecule is CCOC(C)CNCc1cccc(C(=O)O)n1. The molecule has 1 unspecified atom stereocenters. The lowest BCUT2D eigenvalue weighted by Crippen LogP contribution is -2.27. The molecule has 0 aromatic carbocycles. The maximum atomic E-state index is 10.7. The molecule has 0 saturated heterocycles. The van der Waals surface area contributed by atoms with Gasteiger partial charge in [-0.25, -0.2) is 9.78 Å². The van der Waals surface area contributed by atoms with Gasteiger partial charge in [0.2, 0.25) is 0 Å². The number of aromatic nitrogens is 1. The number of hydrogen-bond acceptors (Lipinski definition) is 4. The van der Waals surface area contributed by atoms with Crippen molar-refractivity contribution in [2.24, 2.45) is 0 Å². The molecule has 0 spiro atoms. The van der Waals surface area contributed by atoms with Gasteiger partial charge in [-0.15, -0.1) is 0 Å². The molecule has 5 heteroatoms. The number of nitrogens with one attached hydrogen (secondary N) is 1. The quantitative estimate of drug-likeness (QED) is 0.749. The number of carboxylic acid groups (broad SMARTS) is 1. The maximum absolute atomic E-state index is 10.7. The standard InChI is InChI=1S/C12H18N2O3/c1-3-17-9(2)7-13-8-10-5-4-6-11(14-10)12(15)16/h4-6,9,13H,3,7-8H2,1-2H3,(H,15,16). The Balaban J connectivity index is 2.41. The Morgan fingerprint density at radius 3 is 3.00 bits per heavy atom. The van der Waals surface area contributed by atoms with Crippen LogP contribution in [0.1, 0.15) is 30.0 Å². The Bertz CT molecular complexity index is 369. The summed E-state index contributed by atoms with van der Waals surface area (Å²) >= 11 is 0. The third-order valence-electron chi connectivity index (χ3n) is 2.21. The molecule has 0 aliphatic heterocycles. The van der Waals surface area contributed by atoms with Crippen LogP contribution in [0.4, 0.5) is 0 Å². The molecular formula is C12H18N2O3. The lowest BCUT2D eigenvalue weighted by molar-refractivity contribution is 0.0689. The van der Waals surface area contributed by atoms with Crippen molar-refractivity contribution in [3.63, 3.8) is 0 Å². The molecule has 17 heavy (non-hydrogen) atoms. The molecule has 1 heterocycles. The van der Waals surface area contributed by atoms with E-state index in [0.29, 0.717) is 25.4 Å². The summed E-state index contributed by atoms with van der Waals surface area (Å²) in [7, 11) is 0. The fraction of sp³-hybridized carbons (Fsp3) is 0.500. The molecule has 0 saturated carbocycles. The minimum atomic E-state index is -1.01. The van der Waals surface area contributed by atoms with Gasteiger partial charge in [-0.05, 0) is 26.0 Å². The minimum Gasteiger partial charge on any atom is -0.477 e. The van der Waals surface area contributed by atoms with Gasteiger partial charge < -0.3 is 15.2 Å². The van der Waals surface area contributed by atoms with Crippen molar-refractivity contribution < 1.29 is 14.6 Å². The molecule has 1 aromatic heterocycles. The fourth-order valence-corrected chi connectivity index (χ4v) is 1.44. The highest BCUT2D eigenvalue weighted by atomic mass is 16.5. The van der Waals surface area contributed by atoms with E-state index in [1.807, 2.05) is 13.8 Å². The van der Waals surface area contributed by atoms with Crippen LogP contribution in [0.5, 0.6) is 0 Å². The second-order valence-corrected chi connectivity index (χ2v) is 3.72. The predicted molar refractivity (Wildman–Crippen MR) is 64.0 cm³/mol. The van der Waals surface area contributed by atoms with Crippen LogP contribution >= 0.6 is 0 Å². The third-order valence-corrected chi connectivity index (χ3v) is 2.21. The largest absolute Gasteiger partial charge is 0.477 e. The van der Waals surface area contributed by atoms with Crippen molar-refractivity contribution in [2.75, 3.05) is 13.2 Å². The maximum Gasteiger partial charge on any atom is 0.354 e. The topological polar surface area (TPSA) is 71.5 Å². The van der Waals surface area contributed by atoms with Gasteiger partial charge in [-0.1, -0.05) is 6.07 Å². The molecule has 2 N–H and O–H groups in total. The van der Waals surface area contributed by atoms with Crippen molar-refractivity contribution in [1.29, 1.82) is 0 Å². The number of rotatable bonds is 7. The Labute approximate surface area is 101 Å². The van der Waals surface area contributed by atoms with Gasteiger partial charge in [0.1, 0.15) is 5.69 Å². The monoisotopic (exact) mass is 238 g/mol. The molecule has 0 fully saturated rings. The highest BCUT2D eigenvalue weighted by Gasteiger charge is 2.05. The van der Waals surface area contributed by atoms with Gasteiger partial charge in [0.25, 0.3) is 0 Å². The van der Waals surface area contributed by atoms with E-state index >= 15 is 0 Å². The second-order valence-electron chi connectivity index (χ2n) is 3.72. The van der Waals surface area contributed by atoms with Crippen LogP contribution in [0.25, 0.3) is 0 Å². The number of pyridine rings is 1. The van der Waals surface area contributed by atoms with Crippen LogP contribution in [0.3, 0.4) is 0 Å². The highest BCUT2D eigenvalue weighted by molar-refractivity contribution is 5.85. The molecule has 0 aliphatic carbocycles. The minimum absolute atomic E-state index is 0.0714. The number of carboxylic acids is 1. The Morgan fingerprint density at radius 2 is 2.35 bits per heavy atom. The summed E-state index contributed by atoms with van der Waals surface area (Å²) in [6.07, 6.45) is 0.141. The van der Waals surface area contributed by atoms with E-state index in [-0.39, 0.29) is 11.8 Å². The summed E-state index contributed by atoms with van der Waals surface area (Å²) in [4.78, 5) is 14.7. The van der Waals surface area contributed by atoms with Crippen molar-refractivity contribution in [3.8, 4) is 0 Å². The lowest BCUT2D eigenvalue weighted by Gasteiger charge is -2.12. The van der Waals surface area contributed by atoms with E-state index in [9.17, 15) is 4.79 Å². The molecule has 0 radical (unpaired) electrons. The average molecular weight is 238 g/mol. The van der Waals surface area contributed by atoms with Crippen LogP contribution in [0, 0.1) is 0 Å². The molecule has 1 rings (SSSR count). The smallest absolute Gasteiger partial charge is 0.354 e. The molecule has 94 valence electrons. The zero-order chi connectivity index (χ0) is 12.7. The van der Waals surface area contributed by atoms with Crippen LogP contribution in [0.2, 0.25) is 0 Å². The zero-order valence-electron chi connectivity index (χ0n) is 10.1. The van der Waals surface area contributed by atoms with Gasteiger partial charge in [0.15, 0.2) is 0 Å². The molecule has 0 amide bonds. The molecule has 0 aliphatic rings. The van der Waals surface area contributed by atoms with Gasteiger partial charge >= 0.3 is 5.97 Å². The van der Waals surface area contributed by atoms with Crippen molar-refractivity contribution >= 4 is 5.97 Å². The summed E-state index contributed by atoms with van der Waals surface area (Å²) in [5.41, 5.74) is 0.788. The van der Waals surface area contributed by atoms with E-state index in [1.54, 1.807) is 12.1 Å². The van der Waals surface area contributed by atoms with Crippen molar-refractivity contribution in [2.45, 2.75) is 26.5 Å². The number of ether oxygens (including phenoxy) is 1. The zero-order valence-corrected chi connectivity index (χ0v) is 10.1. The van der Waals surface area contributed by atoms with Gasteiger partial charge in [0.05, 0.1) is 11.8 Å². The van der Waals surface area contributed by atoms with E-state index in [0.717, 1.165) is 0 Å². The van der Waals surface area contributed by atoms with Crippen molar-refractivity contribution in [3.05, 3.63) is 29.6 Å². The predicted octanol–water partition coefficient (Wildman–Crippen LogP) is 1.29. The summed E-state index contributed by atoms with van der Waals surface area (Å²) in [6, 6.07) is 4.97. The third kappa shape index (κ3) is 4.93. The van der Waals surface area contributed by atoms with Crippen LogP contribution in [0.15, 0.2) is 18.2 Å². The molecule has 1 aromatic rings. The average Bonchev–Trinajstić information content (AvgIpc) is 2.30. The highest BCUT2D eigenvalue weighted by Crippen LogP contribution is 1.99. The summed E-state index contributed by atoms with van der Waals surface area (Å²) in [6.45, 7) is 5.88. The first-order chi connectivity index (χ1) is 8.13. The molecule has 0 bridgehead atoms. The summed E-state index contributed by atoms with van der Waals surface area (Å²) < 4.78 is 5.36. The van der Waals surface area contributed by atoms with Crippen LogP contribution < -0.4 is 5.32 Å². The van der Waals surface area contributed by atoms with Gasteiger partial charge in [-0.2, -0.15) is 0 Å². The van der Waals surface area contributed by atoms with Crippen LogP contribution in [-0.2, 0) is 11.3 Å². The Morgan fingerprint density at radius 1 is 1.59 bits per heavy atom. The molecule has 5 nitrogen and oxygen atoms in total. The van der Waals surface area contributed by atoms with Crippen molar-refractivity contribution in [1.82, 2.24) is 10.3 Å². The Hall–Kier alpha value is -1.46. The number of hydrogen-bond donors (Lipinski definition) is 2. The van der Waals surface area contributed by atoms with E-state index in [1.165, 1.54) is 6.07 Å². The van der Waals surface area contributed by atoms with Gasteiger partial charge in [-0.3, -0.25) is 0 Å². The first-order valence-corrected chi connectivity index (χ1v) is 5.65. The first-order valence-electron chi connectivity index (χ1n) is 5.65. The van der Waals surface area contributed by atoms with E-state index in [2.05, 4.69) is 10.3 Å². The second kappa shape index (κ2) is 6.98.